The van der Waals surface area contributed by atoms with Gasteiger partial charge in [-0.05, 0) is 57.4 Å². The summed E-state index contributed by atoms with van der Waals surface area (Å²) in [6, 6.07) is 10.4. The van der Waals surface area contributed by atoms with Crippen molar-refractivity contribution in [2.75, 3.05) is 33.8 Å². The first-order chi connectivity index (χ1) is 12.5. The molecule has 2 rings (SSSR count). The van der Waals surface area contributed by atoms with Crippen molar-refractivity contribution in [3.63, 3.8) is 0 Å². The SMILES string of the molecule is CCOc1ccc(C(=O)NCC(=O)NCC(c2ccco2)N(C)C)cc1. The lowest BCUT2D eigenvalue weighted by molar-refractivity contribution is -0.120. The average molecular weight is 359 g/mol. The van der Waals surface area contributed by atoms with Crippen LogP contribution in [0.5, 0.6) is 5.75 Å². The second-order valence-corrected chi connectivity index (χ2v) is 5.94. The Morgan fingerprint density at radius 3 is 2.46 bits per heavy atom. The van der Waals surface area contributed by atoms with Gasteiger partial charge < -0.3 is 19.8 Å². The normalized spacial score (nSPS) is 11.8. The molecule has 0 radical (unpaired) electrons. The van der Waals surface area contributed by atoms with E-state index in [0.29, 0.717) is 24.5 Å². The molecule has 2 aromatic rings. The predicted octanol–water partition coefficient (Wildman–Crippen LogP) is 1.83. The van der Waals surface area contributed by atoms with Crippen molar-refractivity contribution in [3.05, 3.63) is 54.0 Å². The van der Waals surface area contributed by atoms with Crippen LogP contribution >= 0.6 is 0 Å². The summed E-state index contributed by atoms with van der Waals surface area (Å²) in [5, 5.41) is 5.42. The van der Waals surface area contributed by atoms with E-state index in [1.807, 2.05) is 38.1 Å². The van der Waals surface area contributed by atoms with Gasteiger partial charge in [0.2, 0.25) is 5.91 Å². The Balaban J connectivity index is 1.79. The molecule has 140 valence electrons. The summed E-state index contributed by atoms with van der Waals surface area (Å²) in [6.07, 6.45) is 1.60. The van der Waals surface area contributed by atoms with Gasteiger partial charge in [0.1, 0.15) is 11.5 Å². The predicted molar refractivity (Wildman–Crippen MR) is 98.1 cm³/mol. The number of benzene rings is 1. The van der Waals surface area contributed by atoms with Crippen LogP contribution in [0.15, 0.2) is 47.1 Å². The van der Waals surface area contributed by atoms with Crippen LogP contribution in [0.3, 0.4) is 0 Å². The first kappa shape index (κ1) is 19.5. The topological polar surface area (TPSA) is 83.8 Å². The number of ether oxygens (including phenoxy) is 1. The minimum atomic E-state index is -0.307. The van der Waals surface area contributed by atoms with E-state index in [4.69, 9.17) is 9.15 Å². The number of carbonyl (C=O) groups excluding carboxylic acids is 2. The summed E-state index contributed by atoms with van der Waals surface area (Å²) in [5.41, 5.74) is 0.475. The molecule has 0 spiro atoms. The van der Waals surface area contributed by atoms with Crippen LogP contribution < -0.4 is 15.4 Å². The molecule has 1 aromatic carbocycles. The van der Waals surface area contributed by atoms with E-state index in [1.165, 1.54) is 0 Å². The van der Waals surface area contributed by atoms with Crippen LogP contribution in [0.1, 0.15) is 29.1 Å². The molecule has 2 N–H and O–H groups in total. The summed E-state index contributed by atoms with van der Waals surface area (Å²) in [7, 11) is 3.82. The van der Waals surface area contributed by atoms with Gasteiger partial charge in [0.15, 0.2) is 0 Å². The van der Waals surface area contributed by atoms with Gasteiger partial charge in [0, 0.05) is 12.1 Å². The zero-order chi connectivity index (χ0) is 18.9. The van der Waals surface area contributed by atoms with Crippen molar-refractivity contribution < 1.29 is 18.7 Å². The number of nitrogens with one attached hydrogen (secondary N) is 2. The molecule has 0 saturated carbocycles. The molecule has 1 heterocycles. The maximum absolute atomic E-state index is 12.1. The molecule has 0 saturated heterocycles. The summed E-state index contributed by atoms with van der Waals surface area (Å²) in [4.78, 5) is 26.1. The first-order valence-corrected chi connectivity index (χ1v) is 8.48. The number of nitrogens with zero attached hydrogens (tertiary/aromatic N) is 1. The molecule has 1 unspecified atom stereocenters. The molecule has 0 aliphatic rings. The van der Waals surface area contributed by atoms with Crippen molar-refractivity contribution in [1.82, 2.24) is 15.5 Å². The second kappa shape index (κ2) is 9.62. The molecular formula is C19H25N3O4. The summed E-state index contributed by atoms with van der Waals surface area (Å²) in [6.45, 7) is 2.76. The maximum Gasteiger partial charge on any atom is 0.251 e. The number of furan rings is 1. The van der Waals surface area contributed by atoms with Crippen molar-refractivity contribution in [2.24, 2.45) is 0 Å². The molecular weight excluding hydrogens is 334 g/mol. The van der Waals surface area contributed by atoms with Crippen LogP contribution in [0.4, 0.5) is 0 Å². The lowest BCUT2D eigenvalue weighted by Gasteiger charge is -2.22. The van der Waals surface area contributed by atoms with E-state index in [0.717, 1.165) is 5.76 Å². The molecule has 1 atom stereocenters. The number of carbonyl (C=O) groups is 2. The zero-order valence-corrected chi connectivity index (χ0v) is 15.3. The monoisotopic (exact) mass is 359 g/mol. The highest BCUT2D eigenvalue weighted by atomic mass is 16.5. The third-order valence-electron chi connectivity index (χ3n) is 3.82. The quantitative estimate of drug-likeness (QED) is 0.714. The van der Waals surface area contributed by atoms with E-state index in [9.17, 15) is 9.59 Å². The fourth-order valence-corrected chi connectivity index (χ4v) is 2.42. The molecule has 0 aliphatic heterocycles. The maximum atomic E-state index is 12.1. The Bertz CT molecular complexity index is 696. The van der Waals surface area contributed by atoms with Crippen LogP contribution in [0.2, 0.25) is 0 Å². The van der Waals surface area contributed by atoms with Gasteiger partial charge in [-0.2, -0.15) is 0 Å². The fraction of sp³-hybridized carbons (Fsp3) is 0.368. The molecule has 0 aliphatic carbocycles. The Kier molecular flexibility index (Phi) is 7.23. The lowest BCUT2D eigenvalue weighted by atomic mass is 10.2. The Labute approximate surface area is 153 Å². The second-order valence-electron chi connectivity index (χ2n) is 5.94. The average Bonchev–Trinajstić information content (AvgIpc) is 3.15. The molecule has 0 bridgehead atoms. The van der Waals surface area contributed by atoms with Gasteiger partial charge in [0.05, 0.1) is 25.5 Å². The van der Waals surface area contributed by atoms with E-state index in [-0.39, 0.29) is 24.4 Å². The highest BCUT2D eigenvalue weighted by molar-refractivity contribution is 5.96. The number of hydrogen-bond donors (Lipinski definition) is 2. The summed E-state index contributed by atoms with van der Waals surface area (Å²) >= 11 is 0. The van der Waals surface area contributed by atoms with Gasteiger partial charge in [0.25, 0.3) is 5.91 Å². The molecule has 7 nitrogen and oxygen atoms in total. The third kappa shape index (κ3) is 5.63. The smallest absolute Gasteiger partial charge is 0.251 e. The largest absolute Gasteiger partial charge is 0.494 e. The van der Waals surface area contributed by atoms with E-state index in [1.54, 1.807) is 30.5 Å². The van der Waals surface area contributed by atoms with Crippen LogP contribution in [0.25, 0.3) is 0 Å². The number of hydrogen-bond acceptors (Lipinski definition) is 5. The molecule has 2 amide bonds. The Hall–Kier alpha value is -2.80. The highest BCUT2D eigenvalue weighted by Crippen LogP contribution is 2.17. The zero-order valence-electron chi connectivity index (χ0n) is 15.3. The molecule has 26 heavy (non-hydrogen) atoms. The molecule has 1 aromatic heterocycles. The van der Waals surface area contributed by atoms with E-state index in [2.05, 4.69) is 10.6 Å². The number of rotatable bonds is 9. The molecule has 7 heteroatoms. The van der Waals surface area contributed by atoms with Crippen molar-refractivity contribution in [3.8, 4) is 5.75 Å². The van der Waals surface area contributed by atoms with Gasteiger partial charge in [-0.3, -0.25) is 14.5 Å². The van der Waals surface area contributed by atoms with Crippen LogP contribution in [-0.2, 0) is 4.79 Å². The van der Waals surface area contributed by atoms with Gasteiger partial charge in [-0.15, -0.1) is 0 Å². The van der Waals surface area contributed by atoms with Crippen LogP contribution in [-0.4, -0.2) is 50.5 Å². The highest BCUT2D eigenvalue weighted by Gasteiger charge is 2.18. The minimum absolute atomic E-state index is 0.0734. The summed E-state index contributed by atoms with van der Waals surface area (Å²) < 4.78 is 10.7. The standard InChI is InChI=1S/C19H25N3O4/c1-4-25-15-9-7-14(8-10-15)19(24)21-13-18(23)20-12-16(22(2)3)17-6-5-11-26-17/h5-11,16H,4,12-13H2,1-3H3,(H,20,23)(H,21,24). The van der Waals surface area contributed by atoms with Crippen LogP contribution in [0, 0.1) is 0 Å². The third-order valence-corrected chi connectivity index (χ3v) is 3.82. The van der Waals surface area contributed by atoms with Crippen molar-refractivity contribution >= 4 is 11.8 Å². The van der Waals surface area contributed by atoms with E-state index >= 15 is 0 Å². The van der Waals surface area contributed by atoms with Crippen molar-refractivity contribution in [2.45, 2.75) is 13.0 Å². The minimum Gasteiger partial charge on any atom is -0.494 e. The van der Waals surface area contributed by atoms with E-state index < -0.39 is 0 Å². The lowest BCUT2D eigenvalue weighted by Crippen LogP contribution is -2.40. The number of likely N-dealkylation sites (N-methyl/N-ethyl adjacent to an activating group) is 1. The fourth-order valence-electron chi connectivity index (χ4n) is 2.42. The van der Waals surface area contributed by atoms with Gasteiger partial charge in [-0.25, -0.2) is 0 Å². The first-order valence-electron chi connectivity index (χ1n) is 8.48. The Morgan fingerprint density at radius 1 is 1.15 bits per heavy atom. The van der Waals surface area contributed by atoms with Gasteiger partial charge in [-0.1, -0.05) is 0 Å². The molecule has 0 fully saturated rings. The van der Waals surface area contributed by atoms with Crippen molar-refractivity contribution in [1.29, 1.82) is 0 Å². The Morgan fingerprint density at radius 2 is 1.88 bits per heavy atom. The number of amides is 2. The van der Waals surface area contributed by atoms with Gasteiger partial charge >= 0.3 is 0 Å². The summed E-state index contributed by atoms with van der Waals surface area (Å²) in [5.74, 6) is 0.907.